The molecule has 3 N–H and O–H groups in total. The fraction of sp³-hybridized carbons (Fsp3) is 0.250. The zero-order valence-corrected chi connectivity index (χ0v) is 10.1. The zero-order chi connectivity index (χ0) is 14.0. The highest BCUT2D eigenvalue weighted by Crippen LogP contribution is 2.31. The van der Waals surface area contributed by atoms with Gasteiger partial charge in [-0.05, 0) is 17.7 Å². The Morgan fingerprint density at radius 3 is 2.63 bits per heavy atom. The molecular formula is C12H13F3N4. The van der Waals surface area contributed by atoms with Crippen LogP contribution in [0.3, 0.4) is 0 Å². The Morgan fingerprint density at radius 1 is 1.37 bits per heavy atom. The van der Waals surface area contributed by atoms with Gasteiger partial charge in [0.2, 0.25) is 0 Å². The number of alkyl halides is 3. The van der Waals surface area contributed by atoms with Crippen LogP contribution in [0.15, 0.2) is 36.8 Å². The molecule has 2 rings (SSSR count). The van der Waals surface area contributed by atoms with Gasteiger partial charge in [-0.1, -0.05) is 12.1 Å². The molecule has 102 valence electrons. The highest BCUT2D eigenvalue weighted by molar-refractivity contribution is 5.32. The van der Waals surface area contributed by atoms with E-state index in [4.69, 9.17) is 5.84 Å². The maximum Gasteiger partial charge on any atom is 0.416 e. The van der Waals surface area contributed by atoms with Gasteiger partial charge in [-0.2, -0.15) is 13.2 Å². The Bertz CT molecular complexity index is 562. The Kier molecular flexibility index (Phi) is 3.59. The second kappa shape index (κ2) is 5.02. The predicted octanol–water partition coefficient (Wildman–Crippen LogP) is 1.99. The molecule has 0 saturated heterocycles. The molecule has 0 amide bonds. The van der Waals surface area contributed by atoms with Crippen LogP contribution in [0.2, 0.25) is 0 Å². The molecule has 7 heteroatoms. The van der Waals surface area contributed by atoms with Gasteiger partial charge in [-0.3, -0.25) is 5.84 Å². The lowest BCUT2D eigenvalue weighted by atomic mass is 10.0. The summed E-state index contributed by atoms with van der Waals surface area (Å²) >= 11 is 0. The first-order valence-electron chi connectivity index (χ1n) is 5.53. The van der Waals surface area contributed by atoms with Crippen LogP contribution < -0.4 is 11.3 Å². The third kappa shape index (κ3) is 2.77. The van der Waals surface area contributed by atoms with Crippen molar-refractivity contribution < 1.29 is 13.2 Å². The molecule has 1 atom stereocenters. The van der Waals surface area contributed by atoms with Crippen molar-refractivity contribution in [1.82, 2.24) is 15.0 Å². The van der Waals surface area contributed by atoms with E-state index in [-0.39, 0.29) is 0 Å². The quantitative estimate of drug-likeness (QED) is 0.662. The van der Waals surface area contributed by atoms with Crippen LogP contribution in [0.1, 0.15) is 22.9 Å². The number of rotatable bonds is 3. The molecule has 1 aromatic carbocycles. The molecule has 0 aliphatic rings. The average molecular weight is 270 g/mol. The summed E-state index contributed by atoms with van der Waals surface area (Å²) in [6.45, 7) is 0. The minimum Gasteiger partial charge on any atom is -0.336 e. The minimum atomic E-state index is -4.37. The van der Waals surface area contributed by atoms with Gasteiger partial charge in [0.25, 0.3) is 0 Å². The van der Waals surface area contributed by atoms with Crippen LogP contribution in [0, 0.1) is 0 Å². The summed E-state index contributed by atoms with van der Waals surface area (Å²) in [6, 6.07) is 4.51. The van der Waals surface area contributed by atoms with Crippen molar-refractivity contribution in [1.29, 1.82) is 0 Å². The number of halogens is 3. The summed E-state index contributed by atoms with van der Waals surface area (Å²) < 4.78 is 39.8. The number of nitrogens with two attached hydrogens (primary N) is 1. The fourth-order valence-corrected chi connectivity index (χ4v) is 1.89. The predicted molar refractivity (Wildman–Crippen MR) is 63.8 cm³/mol. The van der Waals surface area contributed by atoms with E-state index in [0.717, 1.165) is 12.1 Å². The standard InChI is InChI=1S/C12H13F3N4/c1-19-7-17-6-10(19)11(18-16)8-3-2-4-9(5-8)12(13,14)15/h2-7,11,18H,16H2,1H3. The second-order valence-electron chi connectivity index (χ2n) is 4.15. The average Bonchev–Trinajstić information content (AvgIpc) is 2.76. The van der Waals surface area contributed by atoms with E-state index in [1.165, 1.54) is 6.07 Å². The first kappa shape index (κ1) is 13.6. The maximum absolute atomic E-state index is 12.7. The Balaban J connectivity index is 2.42. The van der Waals surface area contributed by atoms with E-state index in [1.54, 1.807) is 30.2 Å². The molecule has 1 unspecified atom stereocenters. The lowest BCUT2D eigenvalue weighted by Gasteiger charge is -2.18. The van der Waals surface area contributed by atoms with Crippen molar-refractivity contribution >= 4 is 0 Å². The molecule has 0 radical (unpaired) electrons. The van der Waals surface area contributed by atoms with Crippen molar-refractivity contribution in [2.45, 2.75) is 12.2 Å². The van der Waals surface area contributed by atoms with Crippen molar-refractivity contribution in [3.63, 3.8) is 0 Å². The Hall–Kier alpha value is -1.86. The van der Waals surface area contributed by atoms with Crippen LogP contribution in [0.5, 0.6) is 0 Å². The van der Waals surface area contributed by atoms with E-state index >= 15 is 0 Å². The number of nitrogens with zero attached hydrogens (tertiary/aromatic N) is 2. The number of aryl methyl sites for hydroxylation is 1. The molecule has 0 saturated carbocycles. The number of aromatic nitrogens is 2. The van der Waals surface area contributed by atoms with Gasteiger partial charge in [0.1, 0.15) is 0 Å². The van der Waals surface area contributed by atoms with E-state index in [0.29, 0.717) is 11.3 Å². The lowest BCUT2D eigenvalue weighted by Crippen LogP contribution is -2.30. The van der Waals surface area contributed by atoms with E-state index < -0.39 is 17.8 Å². The summed E-state index contributed by atoms with van der Waals surface area (Å²) in [7, 11) is 1.75. The highest BCUT2D eigenvalue weighted by Gasteiger charge is 2.31. The van der Waals surface area contributed by atoms with E-state index in [9.17, 15) is 13.2 Å². The molecule has 19 heavy (non-hydrogen) atoms. The molecular weight excluding hydrogens is 257 g/mol. The van der Waals surface area contributed by atoms with Crippen LogP contribution in [-0.4, -0.2) is 9.55 Å². The topological polar surface area (TPSA) is 55.9 Å². The van der Waals surface area contributed by atoms with Gasteiger partial charge in [0.15, 0.2) is 0 Å². The third-order valence-electron chi connectivity index (χ3n) is 2.86. The van der Waals surface area contributed by atoms with E-state index in [2.05, 4.69) is 10.4 Å². The molecule has 1 heterocycles. The van der Waals surface area contributed by atoms with Gasteiger partial charge < -0.3 is 4.57 Å². The molecule has 0 fully saturated rings. The largest absolute Gasteiger partial charge is 0.416 e. The number of hydrogen-bond donors (Lipinski definition) is 2. The van der Waals surface area contributed by atoms with Crippen LogP contribution in [0.25, 0.3) is 0 Å². The molecule has 0 aliphatic carbocycles. The molecule has 0 spiro atoms. The van der Waals surface area contributed by atoms with Crippen LogP contribution >= 0.6 is 0 Å². The zero-order valence-electron chi connectivity index (χ0n) is 10.1. The first-order chi connectivity index (χ1) is 8.93. The molecule has 1 aromatic heterocycles. The van der Waals surface area contributed by atoms with Crippen molar-refractivity contribution in [2.24, 2.45) is 12.9 Å². The number of hydrogen-bond acceptors (Lipinski definition) is 3. The highest BCUT2D eigenvalue weighted by atomic mass is 19.4. The Morgan fingerprint density at radius 2 is 2.11 bits per heavy atom. The monoisotopic (exact) mass is 270 g/mol. The lowest BCUT2D eigenvalue weighted by molar-refractivity contribution is -0.137. The number of nitrogens with one attached hydrogen (secondary N) is 1. The molecule has 0 bridgehead atoms. The third-order valence-corrected chi connectivity index (χ3v) is 2.86. The van der Waals surface area contributed by atoms with E-state index in [1.807, 2.05) is 0 Å². The van der Waals surface area contributed by atoms with Gasteiger partial charge >= 0.3 is 6.18 Å². The number of benzene rings is 1. The normalized spacial score (nSPS) is 13.5. The number of hydrazine groups is 1. The summed E-state index contributed by atoms with van der Waals surface area (Å²) in [5.74, 6) is 5.45. The Labute approximate surface area is 108 Å². The van der Waals surface area contributed by atoms with Crippen LogP contribution in [-0.2, 0) is 13.2 Å². The molecule has 4 nitrogen and oxygen atoms in total. The SMILES string of the molecule is Cn1cncc1C(NN)c1cccc(C(F)(F)F)c1. The van der Waals surface area contributed by atoms with Crippen LogP contribution in [0.4, 0.5) is 13.2 Å². The van der Waals surface area contributed by atoms with Gasteiger partial charge in [-0.25, -0.2) is 10.4 Å². The van der Waals surface area contributed by atoms with Crippen molar-refractivity contribution in [3.05, 3.63) is 53.6 Å². The fourth-order valence-electron chi connectivity index (χ4n) is 1.89. The molecule has 2 aromatic rings. The van der Waals surface area contributed by atoms with Gasteiger partial charge in [0, 0.05) is 7.05 Å². The number of imidazole rings is 1. The van der Waals surface area contributed by atoms with Gasteiger partial charge in [-0.15, -0.1) is 0 Å². The summed E-state index contributed by atoms with van der Waals surface area (Å²) in [4.78, 5) is 3.93. The smallest absolute Gasteiger partial charge is 0.336 e. The first-order valence-corrected chi connectivity index (χ1v) is 5.53. The van der Waals surface area contributed by atoms with Crippen molar-refractivity contribution in [3.8, 4) is 0 Å². The summed E-state index contributed by atoms with van der Waals surface area (Å²) in [6.07, 6.45) is -1.25. The second-order valence-corrected chi connectivity index (χ2v) is 4.15. The maximum atomic E-state index is 12.7. The summed E-state index contributed by atoms with van der Waals surface area (Å²) in [5.41, 5.74) is 2.92. The minimum absolute atomic E-state index is 0.431. The molecule has 0 aliphatic heterocycles. The summed E-state index contributed by atoms with van der Waals surface area (Å²) in [5, 5.41) is 0. The van der Waals surface area contributed by atoms with Crippen molar-refractivity contribution in [2.75, 3.05) is 0 Å². The van der Waals surface area contributed by atoms with Gasteiger partial charge in [0.05, 0.1) is 29.8 Å².